The standard InChI is InChI=1S/C15H13ClN2/c16-15(10-17)13-7-4-8-14(9-13)18-11-12-5-2-1-3-6-12/h1-9,15,18H,11H2. The highest BCUT2D eigenvalue weighted by atomic mass is 35.5. The van der Waals surface area contributed by atoms with E-state index in [0.717, 1.165) is 17.8 Å². The Labute approximate surface area is 112 Å². The molecular weight excluding hydrogens is 244 g/mol. The van der Waals surface area contributed by atoms with Crippen LogP contribution >= 0.6 is 11.6 Å². The van der Waals surface area contributed by atoms with Crippen molar-refractivity contribution in [1.82, 2.24) is 0 Å². The molecule has 2 aromatic carbocycles. The fourth-order valence-corrected chi connectivity index (χ4v) is 1.82. The van der Waals surface area contributed by atoms with Crippen molar-refractivity contribution in [2.24, 2.45) is 0 Å². The summed E-state index contributed by atoms with van der Waals surface area (Å²) in [5.74, 6) is 0. The lowest BCUT2D eigenvalue weighted by Gasteiger charge is -2.08. The monoisotopic (exact) mass is 256 g/mol. The first kappa shape index (κ1) is 12.5. The average Bonchev–Trinajstić information content (AvgIpc) is 2.45. The van der Waals surface area contributed by atoms with Crippen LogP contribution in [0.15, 0.2) is 54.6 Å². The number of alkyl halides is 1. The van der Waals surface area contributed by atoms with Crippen LogP contribution in [0.5, 0.6) is 0 Å². The third-order valence-electron chi connectivity index (χ3n) is 2.63. The van der Waals surface area contributed by atoms with Crippen LogP contribution in [-0.2, 0) is 6.54 Å². The Balaban J connectivity index is 2.04. The number of benzene rings is 2. The van der Waals surface area contributed by atoms with Gasteiger partial charge in [-0.25, -0.2) is 0 Å². The number of nitrogens with zero attached hydrogens (tertiary/aromatic N) is 1. The van der Waals surface area contributed by atoms with Gasteiger partial charge in [0.05, 0.1) is 6.07 Å². The van der Waals surface area contributed by atoms with E-state index in [0.29, 0.717) is 0 Å². The molecule has 0 aliphatic rings. The molecular formula is C15H13ClN2. The Hall–Kier alpha value is -1.98. The van der Waals surface area contributed by atoms with Crippen molar-refractivity contribution in [3.63, 3.8) is 0 Å². The van der Waals surface area contributed by atoms with Gasteiger partial charge in [0.25, 0.3) is 0 Å². The molecule has 0 heterocycles. The predicted octanol–water partition coefficient (Wildman–Crippen LogP) is 4.10. The minimum atomic E-state index is -0.594. The quantitative estimate of drug-likeness (QED) is 0.836. The second-order valence-electron chi connectivity index (χ2n) is 3.96. The van der Waals surface area contributed by atoms with Crippen LogP contribution in [0.4, 0.5) is 5.69 Å². The number of nitrogens with one attached hydrogen (secondary N) is 1. The van der Waals surface area contributed by atoms with Crippen molar-refractivity contribution < 1.29 is 0 Å². The zero-order valence-electron chi connectivity index (χ0n) is 9.81. The molecule has 0 saturated carbocycles. The van der Waals surface area contributed by atoms with Gasteiger partial charge in [0.1, 0.15) is 5.38 Å². The second kappa shape index (κ2) is 6.09. The lowest BCUT2D eigenvalue weighted by atomic mass is 10.1. The van der Waals surface area contributed by atoms with Gasteiger partial charge >= 0.3 is 0 Å². The van der Waals surface area contributed by atoms with E-state index in [-0.39, 0.29) is 0 Å². The molecule has 0 bridgehead atoms. The molecule has 1 atom stereocenters. The van der Waals surface area contributed by atoms with Crippen molar-refractivity contribution in [1.29, 1.82) is 5.26 Å². The Kier molecular flexibility index (Phi) is 4.22. The van der Waals surface area contributed by atoms with Gasteiger partial charge in [-0.1, -0.05) is 42.5 Å². The van der Waals surface area contributed by atoms with Crippen LogP contribution in [-0.4, -0.2) is 0 Å². The highest BCUT2D eigenvalue weighted by Crippen LogP contribution is 2.22. The summed E-state index contributed by atoms with van der Waals surface area (Å²) >= 11 is 5.89. The van der Waals surface area contributed by atoms with Crippen LogP contribution in [0.25, 0.3) is 0 Å². The summed E-state index contributed by atoms with van der Waals surface area (Å²) in [4.78, 5) is 0. The van der Waals surface area contributed by atoms with Crippen molar-refractivity contribution in [3.8, 4) is 6.07 Å². The molecule has 3 heteroatoms. The van der Waals surface area contributed by atoms with E-state index in [2.05, 4.69) is 17.4 Å². The van der Waals surface area contributed by atoms with Crippen LogP contribution < -0.4 is 5.32 Å². The molecule has 0 aliphatic heterocycles. The topological polar surface area (TPSA) is 35.8 Å². The first-order valence-corrected chi connectivity index (χ1v) is 6.14. The van der Waals surface area contributed by atoms with E-state index in [4.69, 9.17) is 16.9 Å². The van der Waals surface area contributed by atoms with E-state index in [1.54, 1.807) is 0 Å². The molecule has 1 N–H and O–H groups in total. The van der Waals surface area contributed by atoms with Gasteiger partial charge in [0.2, 0.25) is 0 Å². The van der Waals surface area contributed by atoms with Crippen molar-refractivity contribution in [2.45, 2.75) is 11.9 Å². The zero-order chi connectivity index (χ0) is 12.8. The fourth-order valence-electron chi connectivity index (χ4n) is 1.68. The molecule has 0 aliphatic carbocycles. The largest absolute Gasteiger partial charge is 0.381 e. The molecule has 1 unspecified atom stereocenters. The van der Waals surface area contributed by atoms with Crippen molar-refractivity contribution in [2.75, 3.05) is 5.32 Å². The third-order valence-corrected chi connectivity index (χ3v) is 2.98. The number of halogens is 1. The molecule has 2 aromatic rings. The summed E-state index contributed by atoms with van der Waals surface area (Å²) in [6.07, 6.45) is 0. The third kappa shape index (κ3) is 3.26. The van der Waals surface area contributed by atoms with Crippen LogP contribution in [0, 0.1) is 11.3 Å². The lowest BCUT2D eigenvalue weighted by molar-refractivity contribution is 1.14. The number of hydrogen-bond acceptors (Lipinski definition) is 2. The van der Waals surface area contributed by atoms with Crippen molar-refractivity contribution in [3.05, 3.63) is 65.7 Å². The fraction of sp³-hybridized carbons (Fsp3) is 0.133. The number of nitriles is 1. The van der Waals surface area contributed by atoms with Gasteiger partial charge in [-0.3, -0.25) is 0 Å². The smallest absolute Gasteiger partial charge is 0.145 e. The number of rotatable bonds is 4. The van der Waals surface area contributed by atoms with Gasteiger partial charge in [-0.2, -0.15) is 5.26 Å². The minimum absolute atomic E-state index is 0.594. The maximum Gasteiger partial charge on any atom is 0.145 e. The summed E-state index contributed by atoms with van der Waals surface area (Å²) in [5, 5.41) is 11.5. The molecule has 0 fully saturated rings. The molecule has 0 amide bonds. The van der Waals surface area contributed by atoms with Crippen molar-refractivity contribution >= 4 is 17.3 Å². The van der Waals surface area contributed by atoms with Crippen LogP contribution in [0.3, 0.4) is 0 Å². The Morgan fingerprint density at radius 3 is 2.61 bits per heavy atom. The van der Waals surface area contributed by atoms with E-state index in [9.17, 15) is 0 Å². The molecule has 0 saturated heterocycles. The van der Waals surface area contributed by atoms with E-state index < -0.39 is 5.38 Å². The maximum absolute atomic E-state index is 8.78. The van der Waals surface area contributed by atoms with E-state index >= 15 is 0 Å². The van der Waals surface area contributed by atoms with E-state index in [1.807, 2.05) is 48.5 Å². The lowest BCUT2D eigenvalue weighted by Crippen LogP contribution is -1.99. The van der Waals surface area contributed by atoms with Crippen LogP contribution in [0.2, 0.25) is 0 Å². The SMILES string of the molecule is N#CC(Cl)c1cccc(NCc2ccccc2)c1. The predicted molar refractivity (Wildman–Crippen MR) is 74.4 cm³/mol. The number of anilines is 1. The summed E-state index contributed by atoms with van der Waals surface area (Å²) in [6, 6.07) is 19.8. The molecule has 2 nitrogen and oxygen atoms in total. The average molecular weight is 257 g/mol. The highest BCUT2D eigenvalue weighted by molar-refractivity contribution is 6.22. The van der Waals surface area contributed by atoms with Crippen LogP contribution in [0.1, 0.15) is 16.5 Å². The van der Waals surface area contributed by atoms with Gasteiger partial charge in [-0.15, -0.1) is 11.6 Å². The molecule has 18 heavy (non-hydrogen) atoms. The highest BCUT2D eigenvalue weighted by Gasteiger charge is 2.05. The first-order chi connectivity index (χ1) is 8.79. The zero-order valence-corrected chi connectivity index (χ0v) is 10.6. The first-order valence-electron chi connectivity index (χ1n) is 5.71. The maximum atomic E-state index is 8.78. The summed E-state index contributed by atoms with van der Waals surface area (Å²) in [7, 11) is 0. The summed E-state index contributed by atoms with van der Waals surface area (Å²) in [5.41, 5.74) is 3.00. The molecule has 0 spiro atoms. The van der Waals surface area contributed by atoms with Gasteiger partial charge < -0.3 is 5.32 Å². The minimum Gasteiger partial charge on any atom is -0.381 e. The molecule has 0 radical (unpaired) electrons. The summed E-state index contributed by atoms with van der Waals surface area (Å²) in [6.45, 7) is 0.754. The Morgan fingerprint density at radius 2 is 1.89 bits per heavy atom. The van der Waals surface area contributed by atoms with E-state index in [1.165, 1.54) is 5.56 Å². The van der Waals surface area contributed by atoms with Gasteiger partial charge in [-0.05, 0) is 23.3 Å². The second-order valence-corrected chi connectivity index (χ2v) is 4.39. The molecule has 0 aromatic heterocycles. The number of hydrogen-bond donors (Lipinski definition) is 1. The van der Waals surface area contributed by atoms with Gasteiger partial charge in [0.15, 0.2) is 0 Å². The van der Waals surface area contributed by atoms with Gasteiger partial charge in [0, 0.05) is 12.2 Å². The normalized spacial score (nSPS) is 11.6. The summed E-state index contributed by atoms with van der Waals surface area (Å²) < 4.78 is 0. The Bertz CT molecular complexity index is 546. The Morgan fingerprint density at radius 1 is 1.11 bits per heavy atom. The molecule has 2 rings (SSSR count). The molecule has 90 valence electrons.